The highest BCUT2D eigenvalue weighted by Crippen LogP contribution is 2.27. The minimum absolute atomic E-state index is 0.0157. The van der Waals surface area contributed by atoms with E-state index in [0.717, 1.165) is 0 Å². The third kappa shape index (κ3) is 3.54. The summed E-state index contributed by atoms with van der Waals surface area (Å²) in [5.41, 5.74) is 0.448. The van der Waals surface area contributed by atoms with Gasteiger partial charge < -0.3 is 9.57 Å². The van der Waals surface area contributed by atoms with E-state index in [-0.39, 0.29) is 23.3 Å². The summed E-state index contributed by atoms with van der Waals surface area (Å²) in [5.74, 6) is -0.406. The van der Waals surface area contributed by atoms with Crippen LogP contribution in [0.1, 0.15) is 0 Å². The van der Waals surface area contributed by atoms with Crippen molar-refractivity contribution in [2.45, 2.75) is 0 Å². The molecule has 0 spiro atoms. The number of halogens is 3. The van der Waals surface area contributed by atoms with Crippen LogP contribution in [-0.2, 0) is 4.84 Å². The maximum absolute atomic E-state index is 13.3. The van der Waals surface area contributed by atoms with Crippen LogP contribution in [0.2, 0.25) is 5.02 Å². The smallest absolute Gasteiger partial charge is 0.174 e. The second kappa shape index (κ2) is 6.55. The summed E-state index contributed by atoms with van der Waals surface area (Å²) >= 11 is 11.3. The van der Waals surface area contributed by atoms with Gasteiger partial charge in [-0.25, -0.2) is 4.39 Å². The fourth-order valence-electron chi connectivity index (χ4n) is 0.994. The molecule has 1 rings (SSSR count). The van der Waals surface area contributed by atoms with Gasteiger partial charge in [0, 0.05) is 0 Å². The SMILES string of the molecule is CON=C(CCl)COc1c(F)cccc1Cl. The average Bonchev–Trinajstić information content (AvgIpc) is 2.27. The van der Waals surface area contributed by atoms with E-state index in [1.54, 1.807) is 0 Å². The number of alkyl halides is 1. The van der Waals surface area contributed by atoms with E-state index < -0.39 is 5.82 Å². The zero-order valence-corrected chi connectivity index (χ0v) is 10.1. The Hall–Kier alpha value is -1.00. The topological polar surface area (TPSA) is 30.8 Å². The lowest BCUT2D eigenvalue weighted by Crippen LogP contribution is -2.14. The van der Waals surface area contributed by atoms with Crippen molar-refractivity contribution >= 4 is 28.9 Å². The molecule has 0 saturated heterocycles. The number of hydrogen-bond donors (Lipinski definition) is 0. The first kappa shape index (κ1) is 13.1. The molecule has 0 saturated carbocycles. The van der Waals surface area contributed by atoms with E-state index in [2.05, 4.69) is 9.99 Å². The summed E-state index contributed by atoms with van der Waals surface area (Å²) in [4.78, 5) is 4.54. The van der Waals surface area contributed by atoms with Gasteiger partial charge in [0.2, 0.25) is 0 Å². The standard InChI is InChI=1S/C10H10Cl2FNO2/c1-15-14-7(5-11)6-16-10-8(12)3-2-4-9(10)13/h2-4H,5-6H2,1H3. The van der Waals surface area contributed by atoms with Crippen molar-refractivity contribution in [3.63, 3.8) is 0 Å². The lowest BCUT2D eigenvalue weighted by atomic mass is 10.3. The lowest BCUT2D eigenvalue weighted by molar-refractivity contribution is 0.209. The van der Waals surface area contributed by atoms with Gasteiger partial charge in [-0.1, -0.05) is 22.8 Å². The van der Waals surface area contributed by atoms with Crippen molar-refractivity contribution in [2.75, 3.05) is 19.6 Å². The van der Waals surface area contributed by atoms with Crippen molar-refractivity contribution in [2.24, 2.45) is 5.16 Å². The Labute approximate surface area is 103 Å². The summed E-state index contributed by atoms with van der Waals surface area (Å²) in [6.45, 7) is 0.0258. The molecule has 1 aromatic rings. The fourth-order valence-corrected chi connectivity index (χ4v) is 1.34. The van der Waals surface area contributed by atoms with E-state index in [9.17, 15) is 4.39 Å². The number of nitrogens with zero attached hydrogens (tertiary/aromatic N) is 1. The Morgan fingerprint density at radius 2 is 2.25 bits per heavy atom. The Morgan fingerprint density at radius 1 is 1.50 bits per heavy atom. The molecule has 6 heteroatoms. The molecule has 0 radical (unpaired) electrons. The summed E-state index contributed by atoms with van der Waals surface area (Å²) in [6.07, 6.45) is 0. The highest BCUT2D eigenvalue weighted by Gasteiger charge is 2.09. The molecule has 88 valence electrons. The van der Waals surface area contributed by atoms with Gasteiger partial charge in [0.25, 0.3) is 0 Å². The van der Waals surface area contributed by atoms with Crippen molar-refractivity contribution in [1.29, 1.82) is 0 Å². The maximum atomic E-state index is 13.3. The van der Waals surface area contributed by atoms with E-state index >= 15 is 0 Å². The molecular formula is C10H10Cl2FNO2. The zero-order chi connectivity index (χ0) is 12.0. The highest BCUT2D eigenvalue weighted by molar-refractivity contribution is 6.32. The molecule has 0 bridgehead atoms. The molecule has 0 N–H and O–H groups in total. The molecule has 0 aliphatic heterocycles. The first-order chi connectivity index (χ1) is 7.69. The van der Waals surface area contributed by atoms with Crippen LogP contribution in [0.4, 0.5) is 4.39 Å². The van der Waals surface area contributed by atoms with Gasteiger partial charge >= 0.3 is 0 Å². The van der Waals surface area contributed by atoms with Gasteiger partial charge in [-0.3, -0.25) is 0 Å². The quantitative estimate of drug-likeness (QED) is 0.465. The Morgan fingerprint density at radius 3 is 2.81 bits per heavy atom. The Bertz CT molecular complexity index is 365. The molecule has 0 aromatic heterocycles. The minimum Gasteiger partial charge on any atom is -0.483 e. The predicted molar refractivity (Wildman–Crippen MR) is 62.1 cm³/mol. The molecule has 1 aromatic carbocycles. The van der Waals surface area contributed by atoms with Gasteiger partial charge in [0.15, 0.2) is 11.6 Å². The zero-order valence-electron chi connectivity index (χ0n) is 8.54. The van der Waals surface area contributed by atoms with Crippen LogP contribution in [0.25, 0.3) is 0 Å². The van der Waals surface area contributed by atoms with Gasteiger partial charge in [-0.2, -0.15) is 0 Å². The normalized spacial score (nSPS) is 11.4. The van der Waals surface area contributed by atoms with Crippen LogP contribution in [0.3, 0.4) is 0 Å². The molecule has 0 fully saturated rings. The first-order valence-corrected chi connectivity index (χ1v) is 5.32. The minimum atomic E-state index is -0.529. The summed E-state index contributed by atoms with van der Waals surface area (Å²) < 4.78 is 18.4. The van der Waals surface area contributed by atoms with Crippen molar-refractivity contribution in [3.8, 4) is 5.75 Å². The number of rotatable bonds is 5. The predicted octanol–water partition coefficient (Wildman–Crippen LogP) is 3.10. The van der Waals surface area contributed by atoms with Crippen molar-refractivity contribution in [1.82, 2.24) is 0 Å². The third-order valence-electron chi connectivity index (χ3n) is 1.68. The number of para-hydroxylation sites is 1. The largest absolute Gasteiger partial charge is 0.483 e. The first-order valence-electron chi connectivity index (χ1n) is 4.40. The lowest BCUT2D eigenvalue weighted by Gasteiger charge is -2.08. The maximum Gasteiger partial charge on any atom is 0.174 e. The molecule has 16 heavy (non-hydrogen) atoms. The molecule has 0 amide bonds. The molecule has 0 aliphatic carbocycles. The molecule has 3 nitrogen and oxygen atoms in total. The third-order valence-corrected chi connectivity index (χ3v) is 2.28. The Balaban J connectivity index is 2.71. The van der Waals surface area contributed by atoms with Crippen LogP contribution in [0.5, 0.6) is 5.75 Å². The van der Waals surface area contributed by atoms with Crippen LogP contribution >= 0.6 is 23.2 Å². The highest BCUT2D eigenvalue weighted by atomic mass is 35.5. The monoisotopic (exact) mass is 265 g/mol. The number of oxime groups is 1. The van der Waals surface area contributed by atoms with Crippen molar-refractivity contribution < 1.29 is 14.0 Å². The second-order valence-corrected chi connectivity index (χ2v) is 3.49. The molecule has 0 atom stereocenters. The van der Waals surface area contributed by atoms with E-state index in [1.807, 2.05) is 0 Å². The van der Waals surface area contributed by atoms with E-state index in [0.29, 0.717) is 5.71 Å². The van der Waals surface area contributed by atoms with E-state index in [1.165, 1.54) is 25.3 Å². The Kier molecular flexibility index (Phi) is 5.35. The summed E-state index contributed by atoms with van der Waals surface area (Å²) in [6, 6.07) is 4.29. The van der Waals surface area contributed by atoms with Crippen LogP contribution < -0.4 is 4.74 Å². The van der Waals surface area contributed by atoms with Crippen LogP contribution in [0, 0.1) is 5.82 Å². The number of hydrogen-bond acceptors (Lipinski definition) is 3. The van der Waals surface area contributed by atoms with Gasteiger partial charge in [0.05, 0.1) is 10.9 Å². The van der Waals surface area contributed by atoms with Crippen LogP contribution in [0.15, 0.2) is 23.4 Å². The number of benzene rings is 1. The van der Waals surface area contributed by atoms with Crippen LogP contribution in [-0.4, -0.2) is 25.3 Å². The summed E-state index contributed by atoms with van der Waals surface area (Å²) in [5, 5.41) is 3.81. The second-order valence-electron chi connectivity index (χ2n) is 2.81. The van der Waals surface area contributed by atoms with Crippen molar-refractivity contribution in [3.05, 3.63) is 29.0 Å². The van der Waals surface area contributed by atoms with E-state index in [4.69, 9.17) is 27.9 Å². The average molecular weight is 266 g/mol. The molecule has 0 aliphatic rings. The fraction of sp³-hybridized carbons (Fsp3) is 0.300. The number of ether oxygens (including phenoxy) is 1. The molecule has 0 heterocycles. The summed E-state index contributed by atoms with van der Waals surface area (Å²) in [7, 11) is 1.39. The van der Waals surface area contributed by atoms with Gasteiger partial charge in [-0.05, 0) is 12.1 Å². The van der Waals surface area contributed by atoms with Gasteiger partial charge in [-0.15, -0.1) is 11.6 Å². The molecule has 0 unspecified atom stereocenters. The molecular weight excluding hydrogens is 256 g/mol. The van der Waals surface area contributed by atoms with Gasteiger partial charge in [0.1, 0.15) is 19.4 Å².